The van der Waals surface area contributed by atoms with E-state index in [1.165, 1.54) is 0 Å². The van der Waals surface area contributed by atoms with E-state index in [0.717, 1.165) is 5.46 Å². The zero-order valence-electron chi connectivity index (χ0n) is 10.3. The Balaban J connectivity index is 0.00000128. The quantitative estimate of drug-likeness (QED) is 0.580. The van der Waals surface area contributed by atoms with Gasteiger partial charge in [-0.05, 0) is 27.7 Å². The maximum atomic E-state index is 5.91. The van der Waals surface area contributed by atoms with Crippen molar-refractivity contribution in [2.24, 2.45) is 0 Å². The molecular weight excluding hydrogens is 276 g/mol. The van der Waals surface area contributed by atoms with Crippen molar-refractivity contribution in [1.29, 1.82) is 0 Å². The van der Waals surface area contributed by atoms with Crippen molar-refractivity contribution in [2.75, 3.05) is 0 Å². The molecule has 1 aliphatic rings. The van der Waals surface area contributed by atoms with Crippen molar-refractivity contribution in [3.05, 3.63) is 30.3 Å². The van der Waals surface area contributed by atoms with Crippen LogP contribution in [0.1, 0.15) is 27.7 Å². The molecule has 1 aromatic rings. The molecule has 0 saturated carbocycles. The fourth-order valence-electron chi connectivity index (χ4n) is 1.53. The van der Waals surface area contributed by atoms with Crippen LogP contribution in [0.3, 0.4) is 0 Å². The van der Waals surface area contributed by atoms with E-state index in [-0.39, 0.29) is 51.0 Å². The minimum Gasteiger partial charge on any atom is -0.410 e. The summed E-state index contributed by atoms with van der Waals surface area (Å²) in [4.78, 5) is 0. The molecule has 0 aliphatic carbocycles. The van der Waals surface area contributed by atoms with E-state index in [4.69, 9.17) is 9.31 Å². The van der Waals surface area contributed by atoms with E-state index in [1.807, 2.05) is 24.3 Å². The second-order valence-corrected chi connectivity index (χ2v) is 4.93. The van der Waals surface area contributed by atoms with Crippen molar-refractivity contribution in [3.63, 3.8) is 0 Å². The first-order valence-corrected chi connectivity index (χ1v) is 5.24. The SMILES string of the molecule is CC1(C)OB(c2c[c-]ccc2)OC1(C)C.[Y]. The van der Waals surface area contributed by atoms with Crippen molar-refractivity contribution >= 4 is 12.6 Å². The van der Waals surface area contributed by atoms with Crippen LogP contribution >= 0.6 is 0 Å². The van der Waals surface area contributed by atoms with Crippen LogP contribution in [-0.4, -0.2) is 18.3 Å². The Morgan fingerprint density at radius 2 is 1.69 bits per heavy atom. The van der Waals surface area contributed by atoms with Crippen LogP contribution in [0.25, 0.3) is 0 Å². The molecule has 0 N–H and O–H groups in total. The molecule has 0 atom stereocenters. The molecule has 1 radical (unpaired) electrons. The summed E-state index contributed by atoms with van der Waals surface area (Å²) in [5, 5.41) is 0. The van der Waals surface area contributed by atoms with Crippen LogP contribution in [-0.2, 0) is 42.0 Å². The van der Waals surface area contributed by atoms with Gasteiger partial charge in [0.1, 0.15) is 0 Å². The Hall–Kier alpha value is 0.309. The number of hydrogen-bond acceptors (Lipinski definition) is 2. The molecule has 2 rings (SSSR count). The molecule has 1 aliphatic heterocycles. The average molecular weight is 292 g/mol. The van der Waals surface area contributed by atoms with Gasteiger partial charge in [0.15, 0.2) is 0 Å². The molecule has 0 unspecified atom stereocenters. The van der Waals surface area contributed by atoms with Gasteiger partial charge in [0.05, 0.1) is 11.2 Å². The smallest absolute Gasteiger partial charge is 0.410 e. The molecular formula is C12H16BO2Y-. The summed E-state index contributed by atoms with van der Waals surface area (Å²) in [5.41, 5.74) is 0.484. The van der Waals surface area contributed by atoms with E-state index < -0.39 is 0 Å². The maximum Gasteiger partial charge on any atom is 0.418 e. The van der Waals surface area contributed by atoms with Crippen molar-refractivity contribution in [2.45, 2.75) is 38.9 Å². The number of hydrogen-bond donors (Lipinski definition) is 0. The molecule has 0 amide bonds. The van der Waals surface area contributed by atoms with Crippen LogP contribution in [0, 0.1) is 6.07 Å². The zero-order chi connectivity index (χ0) is 11.1. The van der Waals surface area contributed by atoms with E-state index in [1.54, 1.807) is 0 Å². The Morgan fingerprint density at radius 1 is 1.12 bits per heavy atom. The van der Waals surface area contributed by atoms with Gasteiger partial charge >= 0.3 is 7.12 Å². The number of benzene rings is 1. The second-order valence-electron chi connectivity index (χ2n) is 4.93. The van der Waals surface area contributed by atoms with Crippen LogP contribution < -0.4 is 5.46 Å². The normalized spacial score (nSPS) is 21.6. The third-order valence-corrected chi connectivity index (χ3v) is 3.26. The molecule has 0 aromatic heterocycles. The first-order chi connectivity index (χ1) is 6.92. The standard InChI is InChI=1S/C12H16BO2.Y/c1-11(2)12(3,4)15-13(14-11)10-8-6-5-7-9-10;/h5-6,8-9H,1-4H3;/q-1;. The van der Waals surface area contributed by atoms with Gasteiger partial charge in [-0.1, -0.05) is 0 Å². The average Bonchev–Trinajstić information content (AvgIpc) is 2.38. The van der Waals surface area contributed by atoms with Gasteiger partial charge in [-0.2, -0.15) is 30.3 Å². The first kappa shape index (κ1) is 14.4. The van der Waals surface area contributed by atoms with Gasteiger partial charge in [-0.25, -0.2) is 0 Å². The largest absolute Gasteiger partial charge is 0.418 e. The summed E-state index contributed by atoms with van der Waals surface area (Å²) in [6, 6.07) is 10.8. The van der Waals surface area contributed by atoms with E-state index >= 15 is 0 Å². The van der Waals surface area contributed by atoms with Gasteiger partial charge < -0.3 is 9.31 Å². The van der Waals surface area contributed by atoms with Crippen molar-refractivity contribution in [1.82, 2.24) is 0 Å². The molecule has 1 heterocycles. The predicted molar refractivity (Wildman–Crippen MR) is 61.0 cm³/mol. The Labute approximate surface area is 123 Å². The summed E-state index contributed by atoms with van der Waals surface area (Å²) in [6.07, 6.45) is 0. The third kappa shape index (κ3) is 2.59. The predicted octanol–water partition coefficient (Wildman–Crippen LogP) is 1.78. The molecule has 16 heavy (non-hydrogen) atoms. The summed E-state index contributed by atoms with van der Waals surface area (Å²) in [6.45, 7) is 8.22. The molecule has 0 bridgehead atoms. The van der Waals surface area contributed by atoms with Gasteiger partial charge in [-0.15, -0.1) is 5.46 Å². The van der Waals surface area contributed by atoms with Gasteiger partial charge in [0, 0.05) is 32.7 Å². The van der Waals surface area contributed by atoms with E-state index in [2.05, 4.69) is 33.8 Å². The van der Waals surface area contributed by atoms with Crippen LogP contribution in [0.5, 0.6) is 0 Å². The summed E-state index contributed by atoms with van der Waals surface area (Å²) >= 11 is 0. The topological polar surface area (TPSA) is 18.5 Å². The van der Waals surface area contributed by atoms with E-state index in [0.29, 0.717) is 0 Å². The molecule has 83 valence electrons. The third-order valence-electron chi connectivity index (χ3n) is 3.26. The van der Waals surface area contributed by atoms with Crippen molar-refractivity contribution < 1.29 is 42.0 Å². The van der Waals surface area contributed by atoms with Crippen LogP contribution in [0.4, 0.5) is 0 Å². The van der Waals surface area contributed by atoms with Crippen LogP contribution in [0.15, 0.2) is 24.3 Å². The minimum absolute atomic E-state index is 0. The van der Waals surface area contributed by atoms with Gasteiger partial charge in [0.25, 0.3) is 0 Å². The fourth-order valence-corrected chi connectivity index (χ4v) is 1.53. The Bertz CT molecular complexity index is 335. The van der Waals surface area contributed by atoms with Gasteiger partial charge in [0.2, 0.25) is 0 Å². The Morgan fingerprint density at radius 3 is 2.12 bits per heavy atom. The molecule has 1 saturated heterocycles. The summed E-state index contributed by atoms with van der Waals surface area (Å²) in [5.74, 6) is 0. The maximum absolute atomic E-state index is 5.91. The van der Waals surface area contributed by atoms with Crippen LogP contribution in [0.2, 0.25) is 0 Å². The Kier molecular flexibility index (Phi) is 4.39. The zero-order valence-corrected chi connectivity index (χ0v) is 13.1. The summed E-state index contributed by atoms with van der Waals surface area (Å²) in [7, 11) is -0.271. The van der Waals surface area contributed by atoms with E-state index in [9.17, 15) is 0 Å². The number of rotatable bonds is 1. The monoisotopic (exact) mass is 292 g/mol. The molecule has 4 heteroatoms. The summed E-state index contributed by atoms with van der Waals surface area (Å²) < 4.78 is 11.8. The molecule has 1 fully saturated rings. The minimum atomic E-state index is -0.271. The molecule has 2 nitrogen and oxygen atoms in total. The van der Waals surface area contributed by atoms with Gasteiger partial charge in [-0.3, -0.25) is 0 Å². The molecule has 1 aromatic carbocycles. The first-order valence-electron chi connectivity index (χ1n) is 5.24. The second kappa shape index (κ2) is 4.89. The van der Waals surface area contributed by atoms with Crippen molar-refractivity contribution in [3.8, 4) is 0 Å². The molecule has 0 spiro atoms. The fraction of sp³-hybridized carbons (Fsp3) is 0.500.